The highest BCUT2D eigenvalue weighted by molar-refractivity contribution is 7.99. The first-order valence-corrected chi connectivity index (χ1v) is 8.33. The SMILES string of the molecule is CCc1c(C(N=[N+]=[N-])c2ccccc2)nc(SC(C)C)[nH]c1=O. The molecule has 0 aliphatic rings. The van der Waals surface area contributed by atoms with Crippen molar-refractivity contribution in [1.29, 1.82) is 0 Å². The van der Waals surface area contributed by atoms with Gasteiger partial charge in [-0.1, -0.05) is 68.0 Å². The van der Waals surface area contributed by atoms with Gasteiger partial charge in [0.15, 0.2) is 5.16 Å². The molecule has 0 fully saturated rings. The molecule has 1 atom stereocenters. The summed E-state index contributed by atoms with van der Waals surface area (Å²) >= 11 is 1.48. The van der Waals surface area contributed by atoms with Crippen molar-refractivity contribution in [2.24, 2.45) is 5.11 Å². The molecule has 1 N–H and O–H groups in total. The van der Waals surface area contributed by atoms with Gasteiger partial charge in [-0.2, -0.15) is 0 Å². The van der Waals surface area contributed by atoms with E-state index in [1.807, 2.05) is 51.1 Å². The van der Waals surface area contributed by atoms with E-state index in [9.17, 15) is 4.79 Å². The zero-order chi connectivity index (χ0) is 16.8. The molecular formula is C16H19N5OS. The average molecular weight is 329 g/mol. The third-order valence-electron chi connectivity index (χ3n) is 3.27. The van der Waals surface area contributed by atoms with E-state index < -0.39 is 6.04 Å². The highest BCUT2D eigenvalue weighted by Gasteiger charge is 2.21. The van der Waals surface area contributed by atoms with Gasteiger partial charge < -0.3 is 4.98 Å². The van der Waals surface area contributed by atoms with Crippen LogP contribution in [0.1, 0.15) is 43.6 Å². The molecule has 0 saturated carbocycles. The van der Waals surface area contributed by atoms with Crippen molar-refractivity contribution in [1.82, 2.24) is 9.97 Å². The van der Waals surface area contributed by atoms with Gasteiger partial charge >= 0.3 is 0 Å². The van der Waals surface area contributed by atoms with Crippen LogP contribution in [0.5, 0.6) is 0 Å². The molecule has 1 aromatic heterocycles. The van der Waals surface area contributed by atoms with Crippen molar-refractivity contribution in [3.63, 3.8) is 0 Å². The number of hydrogen-bond donors (Lipinski definition) is 1. The Morgan fingerprint density at radius 2 is 2.04 bits per heavy atom. The van der Waals surface area contributed by atoms with E-state index in [0.29, 0.717) is 22.8 Å². The summed E-state index contributed by atoms with van der Waals surface area (Å²) in [6, 6.07) is 8.77. The summed E-state index contributed by atoms with van der Waals surface area (Å²) in [5.74, 6) is 0. The van der Waals surface area contributed by atoms with Crippen LogP contribution in [-0.4, -0.2) is 15.2 Å². The Balaban J connectivity index is 2.63. The van der Waals surface area contributed by atoms with Gasteiger partial charge in [-0.3, -0.25) is 4.79 Å². The number of rotatable bonds is 6. The molecule has 0 radical (unpaired) electrons. The minimum Gasteiger partial charge on any atom is -0.301 e. The maximum absolute atomic E-state index is 12.4. The number of hydrogen-bond acceptors (Lipinski definition) is 4. The number of nitrogens with one attached hydrogen (secondary N) is 1. The monoisotopic (exact) mass is 329 g/mol. The van der Waals surface area contributed by atoms with Gasteiger partial charge in [0.25, 0.3) is 5.56 Å². The van der Waals surface area contributed by atoms with Gasteiger partial charge in [0, 0.05) is 15.7 Å². The van der Waals surface area contributed by atoms with Gasteiger partial charge in [0.1, 0.15) is 6.04 Å². The summed E-state index contributed by atoms with van der Waals surface area (Å²) in [6.07, 6.45) is 0.522. The Bertz CT molecular complexity index is 766. The van der Waals surface area contributed by atoms with Crippen LogP contribution < -0.4 is 5.56 Å². The quantitative estimate of drug-likeness (QED) is 0.282. The molecule has 0 amide bonds. The predicted molar refractivity (Wildman–Crippen MR) is 92.7 cm³/mol. The number of benzene rings is 1. The third-order valence-corrected chi connectivity index (χ3v) is 4.16. The minimum absolute atomic E-state index is 0.172. The molecule has 0 aliphatic carbocycles. The Hall–Kier alpha value is -2.24. The van der Waals surface area contributed by atoms with Crippen LogP contribution in [-0.2, 0) is 6.42 Å². The first kappa shape index (κ1) is 17.1. The summed E-state index contributed by atoms with van der Waals surface area (Å²) in [4.78, 5) is 22.7. The van der Waals surface area contributed by atoms with Crippen LogP contribution >= 0.6 is 11.8 Å². The predicted octanol–water partition coefficient (Wildman–Crippen LogP) is 4.23. The molecule has 0 aliphatic heterocycles. The van der Waals surface area contributed by atoms with Crippen LogP contribution in [0.4, 0.5) is 0 Å². The standard InChI is InChI=1S/C16H19N5OS/c1-4-12-14(18-16(19-15(12)22)23-10(2)3)13(20-21-17)11-8-6-5-7-9-11/h5-10,13H,4H2,1-3H3,(H,18,19,22). The molecule has 7 heteroatoms. The van der Waals surface area contributed by atoms with Crippen LogP contribution in [0.15, 0.2) is 45.4 Å². The molecule has 0 spiro atoms. The number of aromatic amines is 1. The van der Waals surface area contributed by atoms with E-state index in [2.05, 4.69) is 20.0 Å². The molecule has 2 aromatic rings. The van der Waals surface area contributed by atoms with Crippen LogP contribution in [0.2, 0.25) is 0 Å². The second kappa shape index (κ2) is 7.85. The van der Waals surface area contributed by atoms with Crippen LogP contribution in [0.25, 0.3) is 10.4 Å². The molecule has 23 heavy (non-hydrogen) atoms. The first-order valence-electron chi connectivity index (χ1n) is 7.45. The normalized spacial score (nSPS) is 12.0. The highest BCUT2D eigenvalue weighted by atomic mass is 32.2. The molecule has 0 bridgehead atoms. The van der Waals surface area contributed by atoms with Gasteiger partial charge in [0.05, 0.1) is 5.69 Å². The smallest absolute Gasteiger partial charge is 0.254 e. The van der Waals surface area contributed by atoms with Gasteiger partial charge in [-0.05, 0) is 17.5 Å². The van der Waals surface area contributed by atoms with Crippen LogP contribution in [0.3, 0.4) is 0 Å². The fourth-order valence-electron chi connectivity index (χ4n) is 2.31. The van der Waals surface area contributed by atoms with E-state index in [1.54, 1.807) is 0 Å². The van der Waals surface area contributed by atoms with E-state index in [0.717, 1.165) is 5.56 Å². The van der Waals surface area contributed by atoms with Crippen molar-refractivity contribution in [2.75, 3.05) is 0 Å². The topological polar surface area (TPSA) is 94.5 Å². The molecule has 1 aromatic carbocycles. The van der Waals surface area contributed by atoms with Crippen molar-refractivity contribution < 1.29 is 0 Å². The summed E-state index contributed by atoms with van der Waals surface area (Å²) in [6.45, 7) is 5.95. The zero-order valence-electron chi connectivity index (χ0n) is 13.4. The van der Waals surface area contributed by atoms with Crippen molar-refractivity contribution >= 4 is 11.8 Å². The fourth-order valence-corrected chi connectivity index (χ4v) is 3.06. The van der Waals surface area contributed by atoms with Crippen molar-refractivity contribution in [3.05, 3.63) is 67.9 Å². The Kier molecular flexibility index (Phi) is 5.84. The van der Waals surface area contributed by atoms with Gasteiger partial charge in [-0.25, -0.2) is 4.98 Å². The number of thioether (sulfide) groups is 1. The molecule has 1 unspecified atom stereocenters. The lowest BCUT2D eigenvalue weighted by Crippen LogP contribution is -2.20. The molecule has 120 valence electrons. The van der Waals surface area contributed by atoms with Gasteiger partial charge in [-0.15, -0.1) is 0 Å². The molecular weight excluding hydrogens is 310 g/mol. The summed E-state index contributed by atoms with van der Waals surface area (Å²) in [7, 11) is 0. The Morgan fingerprint density at radius 1 is 1.35 bits per heavy atom. The average Bonchev–Trinajstić information content (AvgIpc) is 2.52. The van der Waals surface area contributed by atoms with E-state index in [-0.39, 0.29) is 10.8 Å². The van der Waals surface area contributed by atoms with Crippen LogP contribution in [0, 0.1) is 0 Å². The second-order valence-electron chi connectivity index (χ2n) is 5.27. The van der Waals surface area contributed by atoms with E-state index >= 15 is 0 Å². The summed E-state index contributed by atoms with van der Waals surface area (Å²) in [5.41, 5.74) is 10.7. The third kappa shape index (κ3) is 4.15. The number of nitrogens with zero attached hydrogens (tertiary/aromatic N) is 4. The lowest BCUT2D eigenvalue weighted by molar-refractivity contribution is 0.742. The summed E-state index contributed by atoms with van der Waals surface area (Å²) in [5, 5.41) is 4.72. The number of aromatic nitrogens is 2. The lowest BCUT2D eigenvalue weighted by Gasteiger charge is -2.16. The van der Waals surface area contributed by atoms with Crippen molar-refractivity contribution in [2.45, 2.75) is 43.6 Å². The Morgan fingerprint density at radius 3 is 2.61 bits per heavy atom. The van der Waals surface area contributed by atoms with E-state index in [1.165, 1.54) is 11.8 Å². The van der Waals surface area contributed by atoms with Gasteiger partial charge in [0.2, 0.25) is 0 Å². The maximum Gasteiger partial charge on any atom is 0.254 e. The highest BCUT2D eigenvalue weighted by Crippen LogP contribution is 2.28. The number of H-pyrrole nitrogens is 1. The van der Waals surface area contributed by atoms with E-state index in [4.69, 9.17) is 5.53 Å². The fraction of sp³-hybridized carbons (Fsp3) is 0.375. The van der Waals surface area contributed by atoms with Crippen molar-refractivity contribution in [3.8, 4) is 0 Å². The molecule has 6 nitrogen and oxygen atoms in total. The lowest BCUT2D eigenvalue weighted by atomic mass is 10.00. The molecule has 1 heterocycles. The Labute approximate surface area is 139 Å². The maximum atomic E-state index is 12.4. The summed E-state index contributed by atoms with van der Waals surface area (Å²) < 4.78 is 0. The molecule has 2 rings (SSSR count). The largest absolute Gasteiger partial charge is 0.301 e. The number of azide groups is 1. The zero-order valence-corrected chi connectivity index (χ0v) is 14.2. The molecule has 0 saturated heterocycles. The first-order chi connectivity index (χ1) is 11.1. The minimum atomic E-state index is -0.607. The second-order valence-corrected chi connectivity index (χ2v) is 6.84.